The maximum absolute atomic E-state index is 12.8. The lowest BCUT2D eigenvalue weighted by molar-refractivity contribution is 0.0466. The second kappa shape index (κ2) is 6.72. The van der Waals surface area contributed by atoms with Crippen LogP contribution in [0.3, 0.4) is 0 Å². The highest BCUT2D eigenvalue weighted by atomic mass is 35.5. The number of likely N-dealkylation sites (tertiary alicyclic amines) is 1. The highest BCUT2D eigenvalue weighted by molar-refractivity contribution is 6.30. The molecule has 0 radical (unpaired) electrons. The number of halogens is 1. The normalized spacial score (nSPS) is 19.6. The Morgan fingerprint density at radius 1 is 1.43 bits per heavy atom. The van der Waals surface area contributed by atoms with Gasteiger partial charge in [0.1, 0.15) is 17.5 Å². The molecule has 122 valence electrons. The van der Waals surface area contributed by atoms with Crippen molar-refractivity contribution in [3.63, 3.8) is 0 Å². The zero-order chi connectivity index (χ0) is 16.4. The van der Waals surface area contributed by atoms with E-state index in [1.807, 2.05) is 12.1 Å². The Kier molecular flexibility index (Phi) is 4.68. The summed E-state index contributed by atoms with van der Waals surface area (Å²) in [5, 5.41) is 14.4. The lowest BCUT2D eigenvalue weighted by atomic mass is 9.93. The van der Waals surface area contributed by atoms with Crippen LogP contribution in [0.4, 0.5) is 0 Å². The van der Waals surface area contributed by atoms with Crippen LogP contribution in [-0.2, 0) is 0 Å². The largest absolute Gasteiger partial charge is 0.393 e. The Balaban J connectivity index is 1.83. The molecule has 1 amide bonds. The number of aliphatic hydroxyl groups is 1. The summed E-state index contributed by atoms with van der Waals surface area (Å²) < 4.78 is 5.04. The van der Waals surface area contributed by atoms with Crippen molar-refractivity contribution in [2.24, 2.45) is 5.92 Å². The van der Waals surface area contributed by atoms with E-state index in [1.54, 1.807) is 24.0 Å². The SMILES string of the molecule is CC(O)C1CCCN(C(=O)c2conc2-c2ccc(Cl)cc2)C1. The van der Waals surface area contributed by atoms with Crippen LogP contribution in [0.2, 0.25) is 5.02 Å². The number of aromatic nitrogens is 1. The van der Waals surface area contributed by atoms with Crippen molar-refractivity contribution in [1.82, 2.24) is 10.1 Å². The second-order valence-electron chi connectivity index (χ2n) is 5.98. The molecule has 1 aromatic carbocycles. The summed E-state index contributed by atoms with van der Waals surface area (Å²) in [7, 11) is 0. The molecule has 2 atom stereocenters. The lowest BCUT2D eigenvalue weighted by Crippen LogP contribution is -2.43. The summed E-state index contributed by atoms with van der Waals surface area (Å²) in [5.74, 6) is 0.00749. The van der Waals surface area contributed by atoms with Gasteiger partial charge < -0.3 is 14.5 Å². The van der Waals surface area contributed by atoms with Crippen molar-refractivity contribution in [2.75, 3.05) is 13.1 Å². The summed E-state index contributed by atoms with van der Waals surface area (Å²) in [6.07, 6.45) is 2.81. The van der Waals surface area contributed by atoms with Crippen LogP contribution in [0, 0.1) is 5.92 Å². The average Bonchev–Trinajstić information content (AvgIpc) is 3.04. The van der Waals surface area contributed by atoms with Crippen LogP contribution >= 0.6 is 11.6 Å². The first kappa shape index (κ1) is 16.0. The molecule has 1 aliphatic heterocycles. The number of carbonyl (C=O) groups excluding carboxylic acids is 1. The van der Waals surface area contributed by atoms with E-state index in [4.69, 9.17) is 16.1 Å². The molecule has 1 saturated heterocycles. The molecule has 23 heavy (non-hydrogen) atoms. The number of rotatable bonds is 3. The van der Waals surface area contributed by atoms with Crippen LogP contribution in [0.5, 0.6) is 0 Å². The Morgan fingerprint density at radius 3 is 2.87 bits per heavy atom. The Morgan fingerprint density at radius 2 is 2.17 bits per heavy atom. The molecule has 1 N–H and O–H groups in total. The molecule has 1 aliphatic rings. The van der Waals surface area contributed by atoms with Crippen LogP contribution in [0.25, 0.3) is 11.3 Å². The summed E-state index contributed by atoms with van der Waals surface area (Å²) in [6.45, 7) is 3.02. The first-order chi connectivity index (χ1) is 11.1. The zero-order valence-corrected chi connectivity index (χ0v) is 13.7. The number of aliphatic hydroxyl groups excluding tert-OH is 1. The Labute approximate surface area is 139 Å². The van der Waals surface area contributed by atoms with E-state index in [0.717, 1.165) is 18.4 Å². The highest BCUT2D eigenvalue weighted by Gasteiger charge is 2.29. The molecule has 0 saturated carbocycles. The smallest absolute Gasteiger partial charge is 0.259 e. The van der Waals surface area contributed by atoms with Gasteiger partial charge in [-0.15, -0.1) is 0 Å². The number of benzene rings is 1. The van der Waals surface area contributed by atoms with Crippen molar-refractivity contribution < 1.29 is 14.4 Å². The van der Waals surface area contributed by atoms with Crippen molar-refractivity contribution in [3.05, 3.63) is 41.1 Å². The highest BCUT2D eigenvalue weighted by Crippen LogP contribution is 2.27. The van der Waals surface area contributed by atoms with Crippen LogP contribution in [-0.4, -0.2) is 40.3 Å². The fourth-order valence-electron chi connectivity index (χ4n) is 2.96. The Hall–Kier alpha value is -1.85. The van der Waals surface area contributed by atoms with Gasteiger partial charge in [0.05, 0.1) is 6.10 Å². The third-order valence-electron chi connectivity index (χ3n) is 4.35. The quantitative estimate of drug-likeness (QED) is 0.935. The van der Waals surface area contributed by atoms with Crippen molar-refractivity contribution in [2.45, 2.75) is 25.9 Å². The molecule has 0 aliphatic carbocycles. The number of nitrogens with zero attached hydrogens (tertiary/aromatic N) is 2. The van der Waals surface area contributed by atoms with Crippen molar-refractivity contribution in [3.8, 4) is 11.3 Å². The minimum Gasteiger partial charge on any atom is -0.393 e. The number of piperidine rings is 1. The van der Waals surface area contributed by atoms with Gasteiger partial charge in [-0.05, 0) is 31.9 Å². The van der Waals surface area contributed by atoms with Gasteiger partial charge in [-0.2, -0.15) is 0 Å². The summed E-state index contributed by atoms with van der Waals surface area (Å²) in [5.41, 5.74) is 1.75. The summed E-state index contributed by atoms with van der Waals surface area (Å²) >= 11 is 5.90. The molecule has 0 spiro atoms. The van der Waals surface area contributed by atoms with E-state index < -0.39 is 6.10 Å². The minimum absolute atomic E-state index is 0.110. The average molecular weight is 335 g/mol. The van der Waals surface area contributed by atoms with E-state index in [-0.39, 0.29) is 11.8 Å². The summed E-state index contributed by atoms with van der Waals surface area (Å²) in [6, 6.07) is 7.13. The molecule has 5 nitrogen and oxygen atoms in total. The van der Waals surface area contributed by atoms with E-state index in [9.17, 15) is 9.90 Å². The topological polar surface area (TPSA) is 66.6 Å². The van der Waals surface area contributed by atoms with Crippen LogP contribution in [0.1, 0.15) is 30.1 Å². The van der Waals surface area contributed by atoms with E-state index >= 15 is 0 Å². The van der Waals surface area contributed by atoms with E-state index in [0.29, 0.717) is 29.4 Å². The van der Waals surface area contributed by atoms with Crippen molar-refractivity contribution in [1.29, 1.82) is 0 Å². The number of hydrogen-bond acceptors (Lipinski definition) is 4. The minimum atomic E-state index is -0.413. The second-order valence-corrected chi connectivity index (χ2v) is 6.41. The van der Waals surface area contributed by atoms with Gasteiger partial charge in [0.2, 0.25) is 0 Å². The number of amides is 1. The third-order valence-corrected chi connectivity index (χ3v) is 4.60. The number of carbonyl (C=O) groups is 1. The molecule has 2 unspecified atom stereocenters. The van der Waals surface area contributed by atoms with E-state index in [2.05, 4.69) is 5.16 Å². The van der Waals surface area contributed by atoms with E-state index in [1.165, 1.54) is 6.26 Å². The first-order valence-electron chi connectivity index (χ1n) is 7.74. The van der Waals surface area contributed by atoms with Gasteiger partial charge in [0, 0.05) is 29.6 Å². The predicted octanol–water partition coefficient (Wildman–Crippen LogP) is 3.23. The molecule has 2 heterocycles. The van der Waals surface area contributed by atoms with Crippen LogP contribution < -0.4 is 0 Å². The van der Waals surface area contributed by atoms with Gasteiger partial charge in [0.25, 0.3) is 5.91 Å². The van der Waals surface area contributed by atoms with Gasteiger partial charge in [-0.1, -0.05) is 28.9 Å². The fraction of sp³-hybridized carbons (Fsp3) is 0.412. The maximum atomic E-state index is 12.8. The molecular weight excluding hydrogens is 316 g/mol. The van der Waals surface area contributed by atoms with Gasteiger partial charge >= 0.3 is 0 Å². The summed E-state index contributed by atoms with van der Waals surface area (Å²) in [4.78, 5) is 14.6. The van der Waals surface area contributed by atoms with Crippen molar-refractivity contribution >= 4 is 17.5 Å². The number of hydrogen-bond donors (Lipinski definition) is 1. The monoisotopic (exact) mass is 334 g/mol. The molecule has 0 bridgehead atoms. The molecular formula is C17H19ClN2O3. The Bertz CT molecular complexity index is 681. The molecule has 6 heteroatoms. The van der Waals surface area contributed by atoms with Gasteiger partial charge in [-0.25, -0.2) is 0 Å². The van der Waals surface area contributed by atoms with Crippen LogP contribution in [0.15, 0.2) is 35.1 Å². The predicted molar refractivity (Wildman–Crippen MR) is 87.3 cm³/mol. The van der Waals surface area contributed by atoms with Gasteiger partial charge in [-0.3, -0.25) is 4.79 Å². The molecule has 2 aromatic rings. The maximum Gasteiger partial charge on any atom is 0.259 e. The third kappa shape index (κ3) is 3.41. The molecule has 3 rings (SSSR count). The molecule has 1 aromatic heterocycles. The zero-order valence-electron chi connectivity index (χ0n) is 12.9. The standard InChI is InChI=1S/C17H19ClN2O3/c1-11(21)13-3-2-8-20(9-13)17(22)15-10-23-19-16(15)12-4-6-14(18)7-5-12/h4-7,10-11,13,21H,2-3,8-9H2,1H3. The lowest BCUT2D eigenvalue weighted by Gasteiger charge is -2.34. The molecule has 1 fully saturated rings. The van der Waals surface area contributed by atoms with Gasteiger partial charge in [0.15, 0.2) is 0 Å². The fourth-order valence-corrected chi connectivity index (χ4v) is 3.09. The first-order valence-corrected chi connectivity index (χ1v) is 8.11.